The van der Waals surface area contributed by atoms with Gasteiger partial charge < -0.3 is 9.47 Å². The van der Waals surface area contributed by atoms with Crippen LogP contribution in [-0.4, -0.2) is 22.4 Å². The summed E-state index contributed by atoms with van der Waals surface area (Å²) in [6.07, 6.45) is 0. The van der Waals surface area contributed by atoms with E-state index in [9.17, 15) is 9.59 Å². The van der Waals surface area contributed by atoms with Crippen molar-refractivity contribution in [3.8, 4) is 11.5 Å². The molecule has 6 nitrogen and oxygen atoms in total. The second kappa shape index (κ2) is 7.58. The molecule has 0 saturated heterocycles. The van der Waals surface area contributed by atoms with Gasteiger partial charge >= 0.3 is 5.97 Å². The molecule has 6 heteroatoms. The van der Waals surface area contributed by atoms with Gasteiger partial charge in [0, 0.05) is 12.0 Å². The van der Waals surface area contributed by atoms with Gasteiger partial charge in [0.25, 0.3) is 5.56 Å². The molecule has 0 aliphatic carbocycles. The Bertz CT molecular complexity index is 723. The molecule has 2 rings (SSSR count). The van der Waals surface area contributed by atoms with E-state index in [-0.39, 0.29) is 19.1 Å². The maximum absolute atomic E-state index is 12.2. The van der Waals surface area contributed by atoms with Crippen LogP contribution >= 0.6 is 0 Å². The summed E-state index contributed by atoms with van der Waals surface area (Å²) in [5, 5.41) is 4.27. The van der Waals surface area contributed by atoms with Gasteiger partial charge in [-0.25, -0.2) is 4.68 Å². The van der Waals surface area contributed by atoms with Crippen molar-refractivity contribution in [2.45, 2.75) is 33.2 Å². The first-order valence-corrected chi connectivity index (χ1v) is 7.51. The number of carbonyl (C=O) groups excluding carboxylic acids is 1. The third-order valence-corrected chi connectivity index (χ3v) is 3.09. The van der Waals surface area contributed by atoms with Crippen LogP contribution in [0.2, 0.25) is 0 Å². The summed E-state index contributed by atoms with van der Waals surface area (Å²) in [4.78, 5) is 23.7. The third-order valence-electron chi connectivity index (χ3n) is 3.09. The van der Waals surface area contributed by atoms with Crippen molar-refractivity contribution in [1.82, 2.24) is 9.78 Å². The van der Waals surface area contributed by atoms with Gasteiger partial charge in [0.05, 0.1) is 6.61 Å². The summed E-state index contributed by atoms with van der Waals surface area (Å²) in [5.41, 5.74) is 0.200. The molecule has 0 spiro atoms. The largest absolute Gasteiger partial charge is 0.465 e. The minimum Gasteiger partial charge on any atom is -0.465 e. The van der Waals surface area contributed by atoms with Gasteiger partial charge in [0.2, 0.25) is 0 Å². The van der Waals surface area contributed by atoms with Crippen LogP contribution in [0.15, 0.2) is 41.2 Å². The number of hydrogen-bond donors (Lipinski definition) is 0. The molecule has 0 bridgehead atoms. The van der Waals surface area contributed by atoms with Crippen LogP contribution in [0.4, 0.5) is 0 Å². The molecule has 0 aliphatic heterocycles. The Morgan fingerprint density at radius 2 is 1.96 bits per heavy atom. The molecule has 0 N–H and O–H groups in total. The molecule has 23 heavy (non-hydrogen) atoms. The fraction of sp³-hybridized carbons (Fsp3) is 0.353. The molecule has 0 unspecified atom stereocenters. The van der Waals surface area contributed by atoms with Crippen LogP contribution in [-0.2, 0) is 16.1 Å². The van der Waals surface area contributed by atoms with E-state index in [1.807, 2.05) is 32.0 Å². The number of benzene rings is 1. The molecule has 1 aromatic carbocycles. The van der Waals surface area contributed by atoms with Gasteiger partial charge in [-0.15, -0.1) is 0 Å². The summed E-state index contributed by atoms with van der Waals surface area (Å²) >= 11 is 0. The summed E-state index contributed by atoms with van der Waals surface area (Å²) in [6, 6.07) is 10.5. The lowest BCUT2D eigenvalue weighted by atomic mass is 10.1. The summed E-state index contributed by atoms with van der Waals surface area (Å²) in [6.45, 7) is 5.65. The van der Waals surface area contributed by atoms with Gasteiger partial charge in [-0.05, 0) is 19.1 Å². The predicted molar refractivity (Wildman–Crippen MR) is 85.7 cm³/mol. The van der Waals surface area contributed by atoms with Crippen molar-refractivity contribution in [2.24, 2.45) is 0 Å². The average molecular weight is 316 g/mol. The molecule has 0 fully saturated rings. The molecular formula is C17H20N2O4. The number of nitrogens with zero attached hydrogens (tertiary/aromatic N) is 2. The lowest BCUT2D eigenvalue weighted by Gasteiger charge is -2.14. The number of ether oxygens (including phenoxy) is 2. The maximum Gasteiger partial charge on any atom is 0.327 e. The predicted octanol–water partition coefficient (Wildman–Crippen LogP) is 2.72. The highest BCUT2D eigenvalue weighted by Crippen LogP contribution is 2.27. The molecule has 1 aromatic heterocycles. The topological polar surface area (TPSA) is 70.4 Å². The lowest BCUT2D eigenvalue weighted by Crippen LogP contribution is -2.28. The van der Waals surface area contributed by atoms with Crippen molar-refractivity contribution in [1.29, 1.82) is 0 Å². The van der Waals surface area contributed by atoms with E-state index in [1.54, 1.807) is 19.1 Å². The highest BCUT2D eigenvalue weighted by molar-refractivity contribution is 5.68. The van der Waals surface area contributed by atoms with E-state index < -0.39 is 11.5 Å². The molecular weight excluding hydrogens is 296 g/mol. The normalized spacial score (nSPS) is 10.6. The quantitative estimate of drug-likeness (QED) is 0.766. The van der Waals surface area contributed by atoms with Crippen molar-refractivity contribution >= 4 is 5.97 Å². The van der Waals surface area contributed by atoms with Crippen LogP contribution in [0.3, 0.4) is 0 Å². The zero-order chi connectivity index (χ0) is 16.8. The number of rotatable bonds is 6. The van der Waals surface area contributed by atoms with Crippen molar-refractivity contribution in [3.63, 3.8) is 0 Å². The highest BCUT2D eigenvalue weighted by atomic mass is 16.5. The monoisotopic (exact) mass is 316 g/mol. The molecule has 0 saturated carbocycles. The Hall–Kier alpha value is -2.63. The van der Waals surface area contributed by atoms with E-state index in [0.29, 0.717) is 17.2 Å². The van der Waals surface area contributed by atoms with E-state index in [1.165, 1.54) is 6.07 Å². The second-order valence-corrected chi connectivity index (χ2v) is 5.26. The zero-order valence-electron chi connectivity index (χ0n) is 13.5. The smallest absolute Gasteiger partial charge is 0.327 e. The molecule has 0 radical (unpaired) electrons. The van der Waals surface area contributed by atoms with Gasteiger partial charge in [0.15, 0.2) is 5.75 Å². The molecule has 1 heterocycles. The van der Waals surface area contributed by atoms with Crippen LogP contribution in [0.5, 0.6) is 11.5 Å². The first kappa shape index (κ1) is 16.7. The first-order chi connectivity index (χ1) is 11.0. The van der Waals surface area contributed by atoms with Crippen LogP contribution in [0.25, 0.3) is 0 Å². The van der Waals surface area contributed by atoms with Crippen molar-refractivity contribution < 1.29 is 14.3 Å². The van der Waals surface area contributed by atoms with Gasteiger partial charge in [-0.2, -0.15) is 5.10 Å². The fourth-order valence-electron chi connectivity index (χ4n) is 2.03. The second-order valence-electron chi connectivity index (χ2n) is 5.26. The average Bonchev–Trinajstić information content (AvgIpc) is 2.51. The molecule has 122 valence electrons. The summed E-state index contributed by atoms with van der Waals surface area (Å²) < 4.78 is 11.7. The third kappa shape index (κ3) is 4.42. The Kier molecular flexibility index (Phi) is 5.51. The molecule has 0 aliphatic rings. The van der Waals surface area contributed by atoms with Gasteiger partial charge in [-0.1, -0.05) is 32.0 Å². The highest BCUT2D eigenvalue weighted by Gasteiger charge is 2.16. The number of para-hydroxylation sites is 1. The minimum atomic E-state index is -0.492. The van der Waals surface area contributed by atoms with E-state index >= 15 is 0 Å². The summed E-state index contributed by atoms with van der Waals surface area (Å²) in [7, 11) is 0. The fourth-order valence-corrected chi connectivity index (χ4v) is 2.03. The number of aromatic nitrogens is 2. The number of hydrogen-bond acceptors (Lipinski definition) is 5. The van der Waals surface area contributed by atoms with E-state index in [2.05, 4.69) is 5.10 Å². The number of carbonyl (C=O) groups is 1. The molecule has 0 amide bonds. The van der Waals surface area contributed by atoms with Crippen molar-refractivity contribution in [3.05, 3.63) is 52.4 Å². The SMILES string of the molecule is CCOC(=O)Cn1nc(C(C)C)c(Oc2ccccc2)cc1=O. The number of esters is 1. The van der Waals surface area contributed by atoms with E-state index in [0.717, 1.165) is 4.68 Å². The standard InChI is InChI=1S/C17H20N2O4/c1-4-22-16(21)11-19-15(20)10-14(17(18-19)12(2)3)23-13-8-6-5-7-9-13/h5-10,12H,4,11H2,1-3H3. The maximum atomic E-state index is 12.2. The lowest BCUT2D eigenvalue weighted by molar-refractivity contribution is -0.144. The van der Waals surface area contributed by atoms with Gasteiger partial charge in [-0.3, -0.25) is 9.59 Å². The Balaban J connectivity index is 2.34. The van der Waals surface area contributed by atoms with E-state index in [4.69, 9.17) is 9.47 Å². The minimum absolute atomic E-state index is 0.0303. The Morgan fingerprint density at radius 1 is 1.26 bits per heavy atom. The Morgan fingerprint density at radius 3 is 2.57 bits per heavy atom. The molecule has 2 aromatic rings. The zero-order valence-corrected chi connectivity index (χ0v) is 13.5. The molecule has 0 atom stereocenters. The summed E-state index contributed by atoms with van der Waals surface area (Å²) in [5.74, 6) is 0.561. The van der Waals surface area contributed by atoms with Gasteiger partial charge in [0.1, 0.15) is 18.0 Å². The van der Waals surface area contributed by atoms with Crippen LogP contribution < -0.4 is 10.3 Å². The Labute approximate surface area is 134 Å². The van der Waals surface area contributed by atoms with Crippen LogP contribution in [0.1, 0.15) is 32.4 Å². The van der Waals surface area contributed by atoms with Crippen LogP contribution in [0, 0.1) is 0 Å². The first-order valence-electron chi connectivity index (χ1n) is 7.51. The van der Waals surface area contributed by atoms with Crippen molar-refractivity contribution in [2.75, 3.05) is 6.61 Å².